The van der Waals surface area contributed by atoms with Crippen LogP contribution in [0.2, 0.25) is 0 Å². The summed E-state index contributed by atoms with van der Waals surface area (Å²) in [5.74, 6) is 0.308. The molecule has 0 aliphatic heterocycles. The maximum atomic E-state index is 14.8. The highest BCUT2D eigenvalue weighted by molar-refractivity contribution is 5.60. The number of halogens is 2. The average molecular weight is 459 g/mol. The molecule has 182 valence electrons. The van der Waals surface area contributed by atoms with Crippen LogP contribution in [0.1, 0.15) is 96.5 Å². The van der Waals surface area contributed by atoms with E-state index < -0.39 is 11.6 Å². The zero-order chi connectivity index (χ0) is 23.5. The Hall–Kier alpha value is -2.04. The van der Waals surface area contributed by atoms with E-state index in [9.17, 15) is 8.78 Å². The largest absolute Gasteiger partial charge is 0.477 e. The Morgan fingerprint density at radius 3 is 2.18 bits per heavy atom. The van der Waals surface area contributed by atoms with Crippen LogP contribution in [0, 0.1) is 23.5 Å². The first-order valence-corrected chi connectivity index (χ1v) is 13.1. The smallest absolute Gasteiger partial charge is 0.233 e. The second-order valence-corrected chi connectivity index (χ2v) is 9.63. The van der Waals surface area contributed by atoms with Gasteiger partial charge < -0.3 is 4.74 Å². The van der Waals surface area contributed by atoms with Gasteiger partial charge in [0, 0.05) is 11.6 Å². The van der Waals surface area contributed by atoms with Crippen LogP contribution in [0.4, 0.5) is 8.78 Å². The zero-order valence-corrected chi connectivity index (χ0v) is 20.4. The molecule has 1 aromatic heterocycles. The molecule has 1 fully saturated rings. The molecule has 2 aromatic rings. The van der Waals surface area contributed by atoms with Gasteiger partial charge in [-0.2, -0.15) is 0 Å². The molecule has 1 heterocycles. The molecule has 0 saturated heterocycles. The highest BCUT2D eigenvalue weighted by atomic mass is 19.2. The van der Waals surface area contributed by atoms with Crippen molar-refractivity contribution in [2.24, 2.45) is 11.8 Å². The number of aryl methyl sites for hydroxylation is 1. The van der Waals surface area contributed by atoms with Crippen LogP contribution < -0.4 is 4.74 Å². The lowest BCUT2D eigenvalue weighted by molar-refractivity contribution is 0.248. The van der Waals surface area contributed by atoms with E-state index in [4.69, 9.17) is 4.74 Å². The normalized spacial score (nSPS) is 18.4. The van der Waals surface area contributed by atoms with Gasteiger partial charge in [-0.1, -0.05) is 84.1 Å². The molecular weight excluding hydrogens is 418 g/mol. The highest BCUT2D eigenvalue weighted by Crippen LogP contribution is 2.35. The summed E-state index contributed by atoms with van der Waals surface area (Å²) in [5, 5.41) is 7.97. The van der Waals surface area contributed by atoms with Gasteiger partial charge in [-0.15, -0.1) is 10.2 Å². The Balaban J connectivity index is 1.47. The van der Waals surface area contributed by atoms with Gasteiger partial charge in [0.25, 0.3) is 0 Å². The summed E-state index contributed by atoms with van der Waals surface area (Å²) >= 11 is 0. The van der Waals surface area contributed by atoms with Gasteiger partial charge in [0.1, 0.15) is 0 Å². The number of aromatic nitrogens is 2. The summed E-state index contributed by atoms with van der Waals surface area (Å²) in [7, 11) is 0. The first-order valence-electron chi connectivity index (χ1n) is 13.1. The molecule has 0 radical (unpaired) electrons. The molecule has 0 unspecified atom stereocenters. The lowest BCUT2D eigenvalue weighted by Crippen LogP contribution is -2.15. The Labute approximate surface area is 198 Å². The van der Waals surface area contributed by atoms with Gasteiger partial charge in [0.05, 0.1) is 12.3 Å². The van der Waals surface area contributed by atoms with Gasteiger partial charge >= 0.3 is 0 Å². The van der Waals surface area contributed by atoms with Crippen LogP contribution in [0.25, 0.3) is 11.3 Å². The number of rotatable bonds is 13. The summed E-state index contributed by atoms with van der Waals surface area (Å²) in [6.45, 7) is 4.81. The Kier molecular flexibility index (Phi) is 10.6. The standard InChI is InChI=1S/C28H40F2N2O/c1-3-5-6-7-8-9-21-10-12-22(13-11-21)14-15-23-16-17-24(28(30)27(23)29)25-18-19-26(32-31-25)33-20-4-2/h16-19,21-22H,3-15,20H2,1-2H3. The number of hydrogen-bond acceptors (Lipinski definition) is 3. The fourth-order valence-corrected chi connectivity index (χ4v) is 4.93. The summed E-state index contributed by atoms with van der Waals surface area (Å²) in [6.07, 6.45) is 15.6. The third-order valence-corrected chi connectivity index (χ3v) is 7.04. The second-order valence-electron chi connectivity index (χ2n) is 9.63. The molecule has 3 rings (SSSR count). The summed E-state index contributed by atoms with van der Waals surface area (Å²) in [5.41, 5.74) is 0.921. The van der Waals surface area contributed by atoms with Crippen molar-refractivity contribution >= 4 is 0 Å². The van der Waals surface area contributed by atoms with Crippen LogP contribution in [0.3, 0.4) is 0 Å². The maximum Gasteiger partial charge on any atom is 0.233 e. The van der Waals surface area contributed by atoms with E-state index in [2.05, 4.69) is 17.1 Å². The molecule has 0 atom stereocenters. The summed E-state index contributed by atoms with van der Waals surface area (Å²) in [6, 6.07) is 6.60. The van der Waals surface area contributed by atoms with Gasteiger partial charge in [-0.05, 0) is 48.8 Å². The van der Waals surface area contributed by atoms with E-state index >= 15 is 0 Å². The van der Waals surface area contributed by atoms with E-state index in [1.807, 2.05) is 6.92 Å². The molecule has 1 aliphatic rings. The van der Waals surface area contributed by atoms with Gasteiger partial charge in [0.2, 0.25) is 5.88 Å². The van der Waals surface area contributed by atoms with Crippen molar-refractivity contribution in [3.63, 3.8) is 0 Å². The van der Waals surface area contributed by atoms with Crippen LogP contribution in [-0.2, 0) is 6.42 Å². The van der Waals surface area contributed by atoms with Crippen LogP contribution in [0.15, 0.2) is 24.3 Å². The predicted octanol–water partition coefficient (Wildman–Crippen LogP) is 8.31. The monoisotopic (exact) mass is 458 g/mol. The first kappa shape index (κ1) is 25.6. The lowest BCUT2D eigenvalue weighted by atomic mass is 9.77. The van der Waals surface area contributed by atoms with Crippen molar-refractivity contribution in [3.05, 3.63) is 41.5 Å². The Morgan fingerprint density at radius 2 is 1.52 bits per heavy atom. The minimum Gasteiger partial charge on any atom is -0.477 e. The Bertz CT molecular complexity index is 833. The fraction of sp³-hybridized carbons (Fsp3) is 0.643. The van der Waals surface area contributed by atoms with Gasteiger partial charge in [0.15, 0.2) is 11.6 Å². The number of nitrogens with zero attached hydrogens (tertiary/aromatic N) is 2. The van der Waals surface area contributed by atoms with E-state index in [0.717, 1.165) is 18.8 Å². The summed E-state index contributed by atoms with van der Waals surface area (Å²) in [4.78, 5) is 0. The van der Waals surface area contributed by atoms with E-state index in [1.54, 1.807) is 24.3 Å². The summed E-state index contributed by atoms with van der Waals surface area (Å²) < 4.78 is 35.0. The Morgan fingerprint density at radius 1 is 0.788 bits per heavy atom. The van der Waals surface area contributed by atoms with Crippen LogP contribution >= 0.6 is 0 Å². The molecule has 1 aliphatic carbocycles. The molecule has 0 bridgehead atoms. The third kappa shape index (κ3) is 7.75. The average Bonchev–Trinajstić information content (AvgIpc) is 2.85. The third-order valence-electron chi connectivity index (χ3n) is 7.04. The van der Waals surface area contributed by atoms with E-state index in [0.29, 0.717) is 36.1 Å². The molecule has 33 heavy (non-hydrogen) atoms. The van der Waals surface area contributed by atoms with E-state index in [-0.39, 0.29) is 5.56 Å². The topological polar surface area (TPSA) is 35.0 Å². The van der Waals surface area contributed by atoms with Crippen molar-refractivity contribution in [1.82, 2.24) is 10.2 Å². The maximum absolute atomic E-state index is 14.8. The van der Waals surface area contributed by atoms with Crippen molar-refractivity contribution in [1.29, 1.82) is 0 Å². The number of unbranched alkanes of at least 4 members (excludes halogenated alkanes) is 4. The number of benzene rings is 1. The van der Waals surface area contributed by atoms with E-state index in [1.165, 1.54) is 64.2 Å². The first-order chi connectivity index (χ1) is 16.1. The minimum atomic E-state index is -0.837. The quantitative estimate of drug-likeness (QED) is 0.283. The SMILES string of the molecule is CCCCCCCC1CCC(CCc2ccc(-c3ccc(OCCC)nn3)c(F)c2F)CC1. The van der Waals surface area contributed by atoms with Crippen molar-refractivity contribution < 1.29 is 13.5 Å². The number of ether oxygens (including phenoxy) is 1. The van der Waals surface area contributed by atoms with Gasteiger partial charge in [-0.3, -0.25) is 0 Å². The molecule has 1 saturated carbocycles. The van der Waals surface area contributed by atoms with Crippen LogP contribution in [-0.4, -0.2) is 16.8 Å². The minimum absolute atomic E-state index is 0.144. The van der Waals surface area contributed by atoms with Crippen molar-refractivity contribution in [2.45, 2.75) is 97.3 Å². The molecule has 1 aromatic carbocycles. The van der Waals surface area contributed by atoms with Crippen LogP contribution in [0.5, 0.6) is 5.88 Å². The fourth-order valence-electron chi connectivity index (χ4n) is 4.93. The number of hydrogen-bond donors (Lipinski definition) is 0. The molecular formula is C28H40F2N2O. The molecule has 3 nitrogen and oxygen atoms in total. The van der Waals surface area contributed by atoms with Crippen molar-refractivity contribution in [2.75, 3.05) is 6.61 Å². The van der Waals surface area contributed by atoms with Crippen molar-refractivity contribution in [3.8, 4) is 17.1 Å². The lowest BCUT2D eigenvalue weighted by Gasteiger charge is -2.28. The molecule has 5 heteroatoms. The zero-order valence-electron chi connectivity index (χ0n) is 20.4. The predicted molar refractivity (Wildman–Crippen MR) is 130 cm³/mol. The molecule has 0 amide bonds. The van der Waals surface area contributed by atoms with Gasteiger partial charge in [-0.25, -0.2) is 8.78 Å². The second kappa shape index (κ2) is 13.6. The highest BCUT2D eigenvalue weighted by Gasteiger charge is 2.22. The molecule has 0 spiro atoms. The molecule has 0 N–H and O–H groups in total.